The van der Waals surface area contributed by atoms with Crippen molar-refractivity contribution in [3.05, 3.63) is 77.9 Å². The molecule has 0 atom stereocenters. The Morgan fingerprint density at radius 3 is 2.39 bits per heavy atom. The lowest BCUT2D eigenvalue weighted by Gasteiger charge is -2.31. The maximum atomic E-state index is 13.3. The van der Waals surface area contributed by atoms with Crippen LogP contribution in [-0.4, -0.2) is 62.6 Å². The molecule has 38 heavy (non-hydrogen) atoms. The zero-order chi connectivity index (χ0) is 27.1. The van der Waals surface area contributed by atoms with Gasteiger partial charge in [0, 0.05) is 64.3 Å². The Hall–Kier alpha value is -3.73. The molecule has 0 N–H and O–H groups in total. The topological polar surface area (TPSA) is 74.6 Å². The molecular weight excluding hydrogens is 497 g/mol. The number of aromatic nitrogens is 3. The number of hydrogen-bond donors (Lipinski definition) is 0. The van der Waals surface area contributed by atoms with E-state index in [1.165, 1.54) is 6.92 Å². The van der Waals surface area contributed by atoms with E-state index in [0.717, 1.165) is 47.0 Å². The third-order valence-corrected chi connectivity index (χ3v) is 6.50. The molecule has 202 valence electrons. The first-order valence-corrected chi connectivity index (χ1v) is 12.6. The Bertz CT molecular complexity index is 1230. The van der Waals surface area contributed by atoms with Crippen LogP contribution < -0.4 is 4.90 Å². The third kappa shape index (κ3) is 7.18. The van der Waals surface area contributed by atoms with Crippen LogP contribution in [0.3, 0.4) is 0 Å². The SMILES string of the molecule is CC(=O)N1CCCN(Cc2ccccn2)CCCN(C(=O)Cn2cc(C(F)(F)F)cn2)Cc2ccccc21. The van der Waals surface area contributed by atoms with Gasteiger partial charge in [0.2, 0.25) is 11.8 Å². The van der Waals surface area contributed by atoms with Gasteiger partial charge in [0.15, 0.2) is 0 Å². The number of halogens is 3. The van der Waals surface area contributed by atoms with Gasteiger partial charge >= 0.3 is 6.18 Å². The summed E-state index contributed by atoms with van der Waals surface area (Å²) in [6.45, 7) is 4.43. The fourth-order valence-corrected chi connectivity index (χ4v) is 4.62. The summed E-state index contributed by atoms with van der Waals surface area (Å²) in [7, 11) is 0. The zero-order valence-corrected chi connectivity index (χ0v) is 21.3. The summed E-state index contributed by atoms with van der Waals surface area (Å²) in [6.07, 6.45) is 0.225. The Labute approximate surface area is 219 Å². The Morgan fingerprint density at radius 2 is 1.71 bits per heavy atom. The van der Waals surface area contributed by atoms with Crippen molar-refractivity contribution in [2.45, 2.75) is 45.6 Å². The maximum absolute atomic E-state index is 13.3. The van der Waals surface area contributed by atoms with Crippen molar-refractivity contribution in [3.8, 4) is 0 Å². The van der Waals surface area contributed by atoms with Crippen LogP contribution in [0, 0.1) is 0 Å². The highest BCUT2D eigenvalue weighted by Crippen LogP contribution is 2.28. The zero-order valence-electron chi connectivity index (χ0n) is 21.3. The number of alkyl halides is 3. The van der Waals surface area contributed by atoms with Gasteiger partial charge in [-0.1, -0.05) is 24.3 Å². The third-order valence-electron chi connectivity index (χ3n) is 6.50. The van der Waals surface area contributed by atoms with Gasteiger partial charge in [-0.05, 0) is 36.6 Å². The first-order valence-electron chi connectivity index (χ1n) is 12.6. The number of benzene rings is 1. The normalized spacial score (nSPS) is 15.9. The molecule has 2 aromatic heterocycles. The van der Waals surface area contributed by atoms with Crippen LogP contribution in [0.25, 0.3) is 0 Å². The van der Waals surface area contributed by atoms with Crippen molar-refractivity contribution in [1.29, 1.82) is 0 Å². The summed E-state index contributed by atoms with van der Waals surface area (Å²) in [4.78, 5) is 36.0. The second-order valence-corrected chi connectivity index (χ2v) is 9.34. The minimum Gasteiger partial charge on any atom is -0.337 e. The number of pyridine rings is 1. The van der Waals surface area contributed by atoms with Crippen molar-refractivity contribution < 1.29 is 22.8 Å². The minimum atomic E-state index is -4.53. The largest absolute Gasteiger partial charge is 0.419 e. The van der Waals surface area contributed by atoms with Gasteiger partial charge in [-0.3, -0.25) is 24.2 Å². The molecule has 0 aliphatic carbocycles. The molecule has 0 bridgehead atoms. The molecule has 1 aliphatic rings. The standard InChI is InChI=1S/C27H31F3N6O2/c1-21(37)36-15-7-13-33(19-24-9-4-5-11-31-24)12-6-14-34(17-22-8-2-3-10-25(22)36)26(38)20-35-18-23(16-32-35)27(28,29)30/h2-5,8-11,16,18H,6-7,12-15,17,19-20H2,1H3. The molecule has 0 spiro atoms. The van der Waals surface area contributed by atoms with Gasteiger partial charge in [0.1, 0.15) is 6.54 Å². The van der Waals surface area contributed by atoms with E-state index in [2.05, 4.69) is 15.0 Å². The molecule has 4 rings (SSSR count). The van der Waals surface area contributed by atoms with Crippen molar-refractivity contribution >= 4 is 17.5 Å². The van der Waals surface area contributed by atoms with Gasteiger partial charge < -0.3 is 9.80 Å². The van der Waals surface area contributed by atoms with Crippen molar-refractivity contribution in [1.82, 2.24) is 24.6 Å². The van der Waals surface area contributed by atoms with Crippen molar-refractivity contribution in [3.63, 3.8) is 0 Å². The summed E-state index contributed by atoms with van der Waals surface area (Å²) in [5.74, 6) is -0.445. The van der Waals surface area contributed by atoms with Gasteiger partial charge in [0.05, 0.1) is 17.5 Å². The lowest BCUT2D eigenvalue weighted by molar-refractivity contribution is -0.138. The number of carbonyl (C=O) groups is 2. The highest BCUT2D eigenvalue weighted by molar-refractivity contribution is 5.92. The Kier molecular flexibility index (Phi) is 8.77. The van der Waals surface area contributed by atoms with E-state index in [1.54, 1.807) is 16.0 Å². The molecule has 1 aliphatic heterocycles. The second kappa shape index (κ2) is 12.2. The van der Waals surface area contributed by atoms with Crippen molar-refractivity contribution in [2.24, 2.45) is 0 Å². The summed E-state index contributed by atoms with van der Waals surface area (Å²) in [6, 6.07) is 13.2. The van der Waals surface area contributed by atoms with Crippen LogP contribution in [0.4, 0.5) is 18.9 Å². The van der Waals surface area contributed by atoms with Gasteiger partial charge in [0.25, 0.3) is 0 Å². The highest BCUT2D eigenvalue weighted by atomic mass is 19.4. The average molecular weight is 529 g/mol. The molecule has 0 saturated heterocycles. The summed E-state index contributed by atoms with van der Waals surface area (Å²) in [5.41, 5.74) is 1.57. The predicted molar refractivity (Wildman–Crippen MR) is 136 cm³/mol. The Balaban J connectivity index is 1.58. The number of anilines is 1. The number of carbonyl (C=O) groups excluding carboxylic acids is 2. The minimum absolute atomic E-state index is 0.0973. The number of amides is 2. The van der Waals surface area contributed by atoms with E-state index in [0.29, 0.717) is 32.6 Å². The van der Waals surface area contributed by atoms with E-state index in [9.17, 15) is 22.8 Å². The number of nitrogens with zero attached hydrogens (tertiary/aromatic N) is 6. The van der Waals surface area contributed by atoms with Crippen molar-refractivity contribution in [2.75, 3.05) is 31.1 Å². The molecular formula is C27H31F3N6O2. The highest BCUT2D eigenvalue weighted by Gasteiger charge is 2.32. The van der Waals surface area contributed by atoms with E-state index in [-0.39, 0.29) is 24.9 Å². The predicted octanol–water partition coefficient (Wildman–Crippen LogP) is 3.97. The fourth-order valence-electron chi connectivity index (χ4n) is 4.62. The molecule has 8 nitrogen and oxygen atoms in total. The first kappa shape index (κ1) is 27.3. The number of hydrogen-bond acceptors (Lipinski definition) is 5. The summed E-state index contributed by atoms with van der Waals surface area (Å²) < 4.78 is 40.1. The van der Waals surface area contributed by atoms with E-state index < -0.39 is 11.7 Å². The van der Waals surface area contributed by atoms with Gasteiger partial charge in [-0.2, -0.15) is 18.3 Å². The molecule has 2 amide bonds. The molecule has 0 fully saturated rings. The number of fused-ring (bicyclic) bond motifs is 1. The van der Waals surface area contributed by atoms with Crippen LogP contribution in [0.1, 0.15) is 36.6 Å². The molecule has 0 saturated carbocycles. The van der Waals surface area contributed by atoms with E-state index >= 15 is 0 Å². The number of para-hydroxylation sites is 1. The molecule has 0 unspecified atom stereocenters. The lowest BCUT2D eigenvalue weighted by atomic mass is 10.1. The van der Waals surface area contributed by atoms with Crippen LogP contribution in [0.15, 0.2) is 61.1 Å². The average Bonchev–Trinajstić information content (AvgIpc) is 3.35. The van der Waals surface area contributed by atoms with Gasteiger partial charge in [-0.15, -0.1) is 0 Å². The van der Waals surface area contributed by atoms with Crippen LogP contribution in [-0.2, 0) is 35.4 Å². The lowest BCUT2D eigenvalue weighted by Crippen LogP contribution is -2.39. The number of rotatable bonds is 4. The first-order chi connectivity index (χ1) is 18.2. The fraction of sp³-hybridized carbons (Fsp3) is 0.407. The van der Waals surface area contributed by atoms with E-state index in [4.69, 9.17) is 0 Å². The van der Waals surface area contributed by atoms with Crippen LogP contribution in [0.5, 0.6) is 0 Å². The molecule has 0 radical (unpaired) electrons. The molecule has 3 heterocycles. The van der Waals surface area contributed by atoms with Crippen LogP contribution >= 0.6 is 0 Å². The monoisotopic (exact) mass is 528 g/mol. The smallest absolute Gasteiger partial charge is 0.337 e. The molecule has 1 aromatic carbocycles. The van der Waals surface area contributed by atoms with E-state index in [1.807, 2.05) is 42.5 Å². The molecule has 3 aromatic rings. The maximum Gasteiger partial charge on any atom is 0.419 e. The Morgan fingerprint density at radius 1 is 0.974 bits per heavy atom. The second-order valence-electron chi connectivity index (χ2n) is 9.34. The van der Waals surface area contributed by atoms with Crippen LogP contribution in [0.2, 0.25) is 0 Å². The molecule has 11 heteroatoms. The quantitative estimate of drug-likeness (QED) is 0.512. The summed E-state index contributed by atoms with van der Waals surface area (Å²) in [5, 5.41) is 3.74. The van der Waals surface area contributed by atoms with Gasteiger partial charge in [-0.25, -0.2) is 0 Å². The summed E-state index contributed by atoms with van der Waals surface area (Å²) >= 11 is 0.